The number of thiophene rings is 1. The van der Waals surface area contributed by atoms with E-state index in [9.17, 15) is 9.59 Å². The highest BCUT2D eigenvalue weighted by Crippen LogP contribution is 2.39. The number of fused-ring (bicyclic) bond motifs is 1. The Labute approximate surface area is 135 Å². The second-order valence-electron chi connectivity index (χ2n) is 6.26. The molecule has 122 valence electrons. The minimum Gasteiger partial charge on any atom is -0.456 e. The molecule has 1 aromatic rings. The third-order valence-corrected chi connectivity index (χ3v) is 4.47. The smallest absolute Gasteiger partial charge is 0.412 e. The Morgan fingerprint density at radius 2 is 1.91 bits per heavy atom. The fourth-order valence-corrected chi connectivity index (χ4v) is 3.72. The van der Waals surface area contributed by atoms with E-state index in [1.165, 1.54) is 16.2 Å². The molecule has 1 heterocycles. The Morgan fingerprint density at radius 1 is 1.23 bits per heavy atom. The molecule has 1 amide bonds. The van der Waals surface area contributed by atoms with Crippen LogP contribution >= 0.6 is 11.3 Å². The van der Waals surface area contributed by atoms with Gasteiger partial charge in [-0.3, -0.25) is 5.32 Å². The maximum atomic E-state index is 12.5. The molecular weight excluding hydrogens is 302 g/mol. The average Bonchev–Trinajstić information content (AvgIpc) is 2.74. The first-order chi connectivity index (χ1) is 10.3. The summed E-state index contributed by atoms with van der Waals surface area (Å²) in [5.74, 6) is -0.376. The summed E-state index contributed by atoms with van der Waals surface area (Å²) in [6.07, 6.45) is 3.43. The van der Waals surface area contributed by atoms with E-state index in [1.807, 2.05) is 20.8 Å². The van der Waals surface area contributed by atoms with Crippen LogP contribution in [0.2, 0.25) is 0 Å². The van der Waals surface area contributed by atoms with Crippen molar-refractivity contribution < 1.29 is 19.1 Å². The molecule has 0 atom stereocenters. The van der Waals surface area contributed by atoms with Crippen molar-refractivity contribution in [3.63, 3.8) is 0 Å². The van der Waals surface area contributed by atoms with Gasteiger partial charge >= 0.3 is 12.1 Å². The van der Waals surface area contributed by atoms with E-state index in [1.54, 1.807) is 6.92 Å². The van der Waals surface area contributed by atoms with E-state index in [4.69, 9.17) is 9.47 Å². The number of carbonyl (C=O) groups is 2. The molecule has 0 saturated heterocycles. The number of aryl methyl sites for hydroxylation is 1. The van der Waals surface area contributed by atoms with E-state index in [-0.39, 0.29) is 5.97 Å². The molecular formula is C16H23NO4S. The molecule has 0 radical (unpaired) electrons. The molecule has 1 aliphatic carbocycles. The van der Waals surface area contributed by atoms with Crippen molar-refractivity contribution >= 4 is 28.4 Å². The molecule has 1 N–H and O–H groups in total. The van der Waals surface area contributed by atoms with Gasteiger partial charge in [-0.1, -0.05) is 0 Å². The molecule has 22 heavy (non-hydrogen) atoms. The summed E-state index contributed by atoms with van der Waals surface area (Å²) in [5.41, 5.74) is 0.960. The molecule has 6 heteroatoms. The first-order valence-corrected chi connectivity index (χ1v) is 8.45. The molecule has 0 saturated carbocycles. The predicted octanol–water partition coefficient (Wildman–Crippen LogP) is 4.15. The van der Waals surface area contributed by atoms with Crippen LogP contribution in [-0.2, 0) is 22.3 Å². The lowest BCUT2D eigenvalue weighted by atomic mass is 9.95. The van der Waals surface area contributed by atoms with Crippen LogP contribution in [0.1, 0.15) is 61.3 Å². The number of nitrogens with one attached hydrogen (secondary N) is 1. The van der Waals surface area contributed by atoms with Gasteiger partial charge in [0.25, 0.3) is 0 Å². The summed E-state index contributed by atoms with van der Waals surface area (Å²) < 4.78 is 10.4. The van der Waals surface area contributed by atoms with Gasteiger partial charge in [0.15, 0.2) is 0 Å². The number of hydrogen-bond acceptors (Lipinski definition) is 5. The quantitative estimate of drug-likeness (QED) is 0.848. The number of hydrogen-bond donors (Lipinski definition) is 1. The van der Waals surface area contributed by atoms with Crippen molar-refractivity contribution in [2.45, 2.75) is 59.0 Å². The lowest BCUT2D eigenvalue weighted by Gasteiger charge is -2.21. The second kappa shape index (κ2) is 6.69. The summed E-state index contributed by atoms with van der Waals surface area (Å²) in [4.78, 5) is 25.4. The minimum absolute atomic E-state index is 0.290. The number of amides is 1. The van der Waals surface area contributed by atoms with E-state index < -0.39 is 11.7 Å². The Balaban J connectivity index is 2.33. The van der Waals surface area contributed by atoms with Crippen LogP contribution in [0, 0.1) is 0 Å². The van der Waals surface area contributed by atoms with Crippen LogP contribution in [-0.4, -0.2) is 24.3 Å². The van der Waals surface area contributed by atoms with Crippen molar-refractivity contribution in [2.75, 3.05) is 11.9 Å². The Morgan fingerprint density at radius 3 is 2.55 bits per heavy atom. The van der Waals surface area contributed by atoms with Crippen LogP contribution in [0.25, 0.3) is 0 Å². The van der Waals surface area contributed by atoms with Crippen molar-refractivity contribution in [1.82, 2.24) is 0 Å². The highest BCUT2D eigenvalue weighted by atomic mass is 32.1. The standard InChI is InChI=1S/C16H23NO4S/c1-5-20-15(19)17-13-12(14(18)21-16(2,3)4)10-8-6-7-9-11(10)22-13/h5-9H2,1-4H3,(H,17,19). The zero-order chi connectivity index (χ0) is 16.3. The highest BCUT2D eigenvalue weighted by Gasteiger charge is 2.29. The maximum absolute atomic E-state index is 12.5. The molecule has 0 unspecified atom stereocenters. The van der Waals surface area contributed by atoms with Gasteiger partial charge in [-0.05, 0) is 58.9 Å². The van der Waals surface area contributed by atoms with Crippen molar-refractivity contribution in [1.29, 1.82) is 0 Å². The van der Waals surface area contributed by atoms with Gasteiger partial charge in [-0.25, -0.2) is 9.59 Å². The third-order valence-electron chi connectivity index (χ3n) is 3.27. The van der Waals surface area contributed by atoms with Crippen LogP contribution in [0.4, 0.5) is 9.80 Å². The summed E-state index contributed by atoms with van der Waals surface area (Å²) in [5, 5.41) is 3.23. The number of esters is 1. The lowest BCUT2D eigenvalue weighted by Crippen LogP contribution is -2.25. The number of anilines is 1. The number of carbonyl (C=O) groups excluding carboxylic acids is 2. The van der Waals surface area contributed by atoms with Gasteiger partial charge in [-0.2, -0.15) is 0 Å². The molecule has 2 rings (SSSR count). The fraction of sp³-hybridized carbons (Fsp3) is 0.625. The molecule has 0 aromatic carbocycles. The van der Waals surface area contributed by atoms with Crippen LogP contribution in [0.15, 0.2) is 0 Å². The number of rotatable bonds is 3. The summed E-state index contributed by atoms with van der Waals surface area (Å²) in [6, 6.07) is 0. The number of ether oxygens (including phenoxy) is 2. The molecule has 5 nitrogen and oxygen atoms in total. The van der Waals surface area contributed by atoms with Crippen LogP contribution in [0.3, 0.4) is 0 Å². The Hall–Kier alpha value is -1.56. The molecule has 0 fully saturated rings. The minimum atomic E-state index is -0.568. The Kier molecular flexibility index (Phi) is 5.11. The van der Waals surface area contributed by atoms with Gasteiger partial charge in [0.1, 0.15) is 10.6 Å². The summed E-state index contributed by atoms with van der Waals surface area (Å²) in [6.45, 7) is 7.54. The SMILES string of the molecule is CCOC(=O)Nc1sc2c(c1C(=O)OC(C)(C)C)CCCC2. The normalized spacial score (nSPS) is 14.2. The van der Waals surface area contributed by atoms with Crippen molar-refractivity contribution in [3.8, 4) is 0 Å². The topological polar surface area (TPSA) is 64.6 Å². The first kappa shape index (κ1) is 16.8. The van der Waals surface area contributed by atoms with Crippen molar-refractivity contribution in [2.24, 2.45) is 0 Å². The maximum Gasteiger partial charge on any atom is 0.412 e. The van der Waals surface area contributed by atoms with Crippen molar-refractivity contribution in [3.05, 3.63) is 16.0 Å². The fourth-order valence-electron chi connectivity index (χ4n) is 2.46. The van der Waals surface area contributed by atoms with E-state index in [0.29, 0.717) is 17.2 Å². The average molecular weight is 325 g/mol. The Bertz CT molecular complexity index is 571. The zero-order valence-electron chi connectivity index (χ0n) is 13.6. The zero-order valence-corrected chi connectivity index (χ0v) is 14.4. The highest BCUT2D eigenvalue weighted by molar-refractivity contribution is 7.17. The van der Waals surface area contributed by atoms with Gasteiger partial charge in [-0.15, -0.1) is 11.3 Å². The third kappa shape index (κ3) is 4.00. The van der Waals surface area contributed by atoms with E-state index in [2.05, 4.69) is 5.32 Å². The van der Waals surface area contributed by atoms with E-state index in [0.717, 1.165) is 31.2 Å². The molecule has 0 spiro atoms. The first-order valence-electron chi connectivity index (χ1n) is 7.63. The monoisotopic (exact) mass is 325 g/mol. The van der Waals surface area contributed by atoms with E-state index >= 15 is 0 Å². The lowest BCUT2D eigenvalue weighted by molar-refractivity contribution is 0.00699. The van der Waals surface area contributed by atoms with Gasteiger partial charge in [0, 0.05) is 4.88 Å². The van der Waals surface area contributed by atoms with Gasteiger partial charge in [0.2, 0.25) is 0 Å². The van der Waals surface area contributed by atoms with Crippen LogP contribution in [0.5, 0.6) is 0 Å². The second-order valence-corrected chi connectivity index (χ2v) is 7.37. The van der Waals surface area contributed by atoms with Crippen LogP contribution < -0.4 is 5.32 Å². The largest absolute Gasteiger partial charge is 0.456 e. The molecule has 1 aromatic heterocycles. The molecule has 1 aliphatic rings. The summed E-state index contributed by atoms with van der Waals surface area (Å²) in [7, 11) is 0. The summed E-state index contributed by atoms with van der Waals surface area (Å²) >= 11 is 1.46. The predicted molar refractivity (Wildman–Crippen MR) is 86.8 cm³/mol. The van der Waals surface area contributed by atoms with Gasteiger partial charge < -0.3 is 9.47 Å². The molecule has 0 aliphatic heterocycles. The molecule has 0 bridgehead atoms. The van der Waals surface area contributed by atoms with Gasteiger partial charge in [0.05, 0.1) is 12.2 Å².